The van der Waals surface area contributed by atoms with E-state index in [2.05, 4.69) is 26.1 Å². The van der Waals surface area contributed by atoms with Gasteiger partial charge >= 0.3 is 5.97 Å². The number of halogens is 1. The van der Waals surface area contributed by atoms with Crippen LogP contribution in [0.15, 0.2) is 33.3 Å². The van der Waals surface area contributed by atoms with Crippen LogP contribution in [0.4, 0.5) is 0 Å². The monoisotopic (exact) mass is 312 g/mol. The summed E-state index contributed by atoms with van der Waals surface area (Å²) in [6, 6.07) is 7.42. The number of rotatable bonds is 5. The molecule has 94 valence electrons. The van der Waals surface area contributed by atoms with E-state index < -0.39 is 12.6 Å². The Labute approximate surface area is 111 Å². The van der Waals surface area contributed by atoms with Gasteiger partial charge in [-0.25, -0.2) is 4.79 Å². The number of carbonyl (C=O) groups is 1. The summed E-state index contributed by atoms with van der Waals surface area (Å²) >= 11 is 3.33. The van der Waals surface area contributed by atoms with Crippen molar-refractivity contribution >= 4 is 21.9 Å². The largest absolute Gasteiger partial charge is 0.480 e. The smallest absolute Gasteiger partial charge is 0.329 e. The third-order valence-corrected chi connectivity index (χ3v) is 2.55. The van der Waals surface area contributed by atoms with Crippen molar-refractivity contribution in [2.24, 2.45) is 0 Å². The predicted octanol–water partition coefficient (Wildman–Crippen LogP) is 2.10. The minimum Gasteiger partial charge on any atom is -0.480 e. The molecule has 0 fully saturated rings. The minimum atomic E-state index is -1.04. The zero-order chi connectivity index (χ0) is 13.0. The third-order valence-electron chi connectivity index (χ3n) is 2.02. The van der Waals surface area contributed by atoms with Crippen LogP contribution >= 0.6 is 15.9 Å². The molecule has 0 aliphatic carbocycles. The fraction of sp³-hybridized carbons (Fsp3) is 0.182. The van der Waals surface area contributed by atoms with Gasteiger partial charge in [-0.3, -0.25) is 0 Å². The molecule has 0 radical (unpaired) electrons. The minimum absolute atomic E-state index is 0.0180. The Morgan fingerprint density at radius 1 is 1.39 bits per heavy atom. The van der Waals surface area contributed by atoms with Crippen molar-refractivity contribution in [2.45, 2.75) is 6.61 Å². The van der Waals surface area contributed by atoms with Crippen molar-refractivity contribution in [3.05, 3.63) is 34.6 Å². The van der Waals surface area contributed by atoms with Gasteiger partial charge in [0.2, 0.25) is 5.82 Å². The van der Waals surface area contributed by atoms with Crippen LogP contribution in [0.3, 0.4) is 0 Å². The van der Waals surface area contributed by atoms with Crippen LogP contribution in [-0.2, 0) is 16.1 Å². The highest BCUT2D eigenvalue weighted by Gasteiger charge is 2.09. The maximum atomic E-state index is 10.3. The second-order valence-corrected chi connectivity index (χ2v) is 4.32. The fourth-order valence-electron chi connectivity index (χ4n) is 1.26. The highest BCUT2D eigenvalue weighted by Crippen LogP contribution is 2.19. The molecule has 0 saturated carbocycles. The van der Waals surface area contributed by atoms with E-state index in [9.17, 15) is 4.79 Å². The average Bonchev–Trinajstić information content (AvgIpc) is 2.78. The average molecular weight is 313 g/mol. The van der Waals surface area contributed by atoms with Gasteiger partial charge < -0.3 is 14.4 Å². The van der Waals surface area contributed by atoms with Crippen LogP contribution in [0.2, 0.25) is 0 Å². The van der Waals surface area contributed by atoms with E-state index in [-0.39, 0.29) is 12.5 Å². The molecule has 2 rings (SSSR count). The first kappa shape index (κ1) is 12.7. The fourth-order valence-corrected chi connectivity index (χ4v) is 1.52. The topological polar surface area (TPSA) is 85.5 Å². The number of nitrogens with zero attached hydrogens (tertiary/aromatic N) is 2. The van der Waals surface area contributed by atoms with Crippen molar-refractivity contribution in [2.75, 3.05) is 6.61 Å². The maximum absolute atomic E-state index is 10.3. The number of carboxylic acid groups (broad SMARTS) is 1. The lowest BCUT2D eigenvalue weighted by Crippen LogP contribution is -2.06. The van der Waals surface area contributed by atoms with Crippen molar-refractivity contribution in [1.82, 2.24) is 10.1 Å². The van der Waals surface area contributed by atoms with Crippen molar-refractivity contribution in [3.8, 4) is 11.4 Å². The van der Waals surface area contributed by atoms with Crippen molar-refractivity contribution in [1.29, 1.82) is 0 Å². The molecule has 0 saturated heterocycles. The number of aliphatic carboxylic acids is 1. The summed E-state index contributed by atoms with van der Waals surface area (Å²) in [5.41, 5.74) is 0.812. The Balaban J connectivity index is 2.01. The molecule has 0 atom stereocenters. The predicted molar refractivity (Wildman–Crippen MR) is 64.7 cm³/mol. The van der Waals surface area contributed by atoms with Crippen molar-refractivity contribution < 1.29 is 19.2 Å². The normalized spacial score (nSPS) is 10.5. The summed E-state index contributed by atoms with van der Waals surface area (Å²) < 4.78 is 10.7. The van der Waals surface area contributed by atoms with Crippen LogP contribution in [0, 0.1) is 0 Å². The molecular formula is C11H9BrN2O4. The van der Waals surface area contributed by atoms with Gasteiger partial charge in [0, 0.05) is 10.0 Å². The molecule has 7 heteroatoms. The van der Waals surface area contributed by atoms with Gasteiger partial charge in [0.1, 0.15) is 13.2 Å². The summed E-state index contributed by atoms with van der Waals surface area (Å²) in [5, 5.41) is 12.2. The molecule has 2 aromatic rings. The van der Waals surface area contributed by atoms with Gasteiger partial charge in [0.25, 0.3) is 5.89 Å². The van der Waals surface area contributed by atoms with E-state index in [1.807, 2.05) is 24.3 Å². The summed E-state index contributed by atoms with van der Waals surface area (Å²) in [6.45, 7) is -0.411. The molecule has 1 N–H and O–H groups in total. The molecule has 18 heavy (non-hydrogen) atoms. The SMILES string of the molecule is O=C(O)COCc1nc(-c2ccc(Br)cc2)no1. The highest BCUT2D eigenvalue weighted by atomic mass is 79.9. The molecule has 0 amide bonds. The number of aromatic nitrogens is 2. The second-order valence-electron chi connectivity index (χ2n) is 3.41. The first-order valence-electron chi connectivity index (χ1n) is 5.03. The lowest BCUT2D eigenvalue weighted by Gasteiger charge is -1.95. The molecule has 1 heterocycles. The molecule has 0 unspecified atom stereocenters. The molecule has 0 spiro atoms. The molecule has 0 aliphatic rings. The van der Waals surface area contributed by atoms with E-state index in [4.69, 9.17) is 14.4 Å². The zero-order valence-corrected chi connectivity index (χ0v) is 10.8. The van der Waals surface area contributed by atoms with Gasteiger partial charge in [-0.1, -0.05) is 21.1 Å². The number of ether oxygens (including phenoxy) is 1. The number of carboxylic acids is 1. The maximum Gasteiger partial charge on any atom is 0.329 e. The Hall–Kier alpha value is -1.73. The standard InChI is InChI=1S/C11H9BrN2O4/c12-8-3-1-7(2-4-8)11-13-9(18-14-11)5-17-6-10(15)16/h1-4H,5-6H2,(H,15,16). The lowest BCUT2D eigenvalue weighted by atomic mass is 10.2. The van der Waals surface area contributed by atoms with Crippen molar-refractivity contribution in [3.63, 3.8) is 0 Å². The Kier molecular flexibility index (Phi) is 4.06. The van der Waals surface area contributed by atoms with Gasteiger partial charge in [0.15, 0.2) is 0 Å². The Morgan fingerprint density at radius 3 is 2.78 bits per heavy atom. The molecule has 0 bridgehead atoms. The van der Waals surface area contributed by atoms with E-state index >= 15 is 0 Å². The van der Waals surface area contributed by atoms with E-state index in [0.717, 1.165) is 10.0 Å². The number of hydrogen-bond acceptors (Lipinski definition) is 5. The molecular weight excluding hydrogens is 304 g/mol. The van der Waals surface area contributed by atoms with Crippen LogP contribution in [0.5, 0.6) is 0 Å². The molecule has 1 aromatic carbocycles. The molecule has 6 nitrogen and oxygen atoms in total. The third kappa shape index (κ3) is 3.38. The van der Waals surface area contributed by atoms with E-state index in [0.29, 0.717) is 5.82 Å². The Morgan fingerprint density at radius 2 is 2.11 bits per heavy atom. The summed E-state index contributed by atoms with van der Waals surface area (Å²) in [7, 11) is 0. The number of benzene rings is 1. The van der Waals surface area contributed by atoms with Gasteiger partial charge in [-0.2, -0.15) is 4.98 Å². The Bertz CT molecular complexity index is 538. The van der Waals surface area contributed by atoms with E-state index in [1.165, 1.54) is 0 Å². The first-order valence-corrected chi connectivity index (χ1v) is 5.82. The highest BCUT2D eigenvalue weighted by molar-refractivity contribution is 9.10. The quantitative estimate of drug-likeness (QED) is 0.910. The van der Waals surface area contributed by atoms with Crippen LogP contribution in [-0.4, -0.2) is 27.8 Å². The molecule has 1 aromatic heterocycles. The van der Waals surface area contributed by atoms with Crippen LogP contribution in [0.1, 0.15) is 5.89 Å². The van der Waals surface area contributed by atoms with Gasteiger partial charge in [-0.15, -0.1) is 0 Å². The summed E-state index contributed by atoms with van der Waals surface area (Å²) in [5.74, 6) is -0.353. The summed E-state index contributed by atoms with van der Waals surface area (Å²) in [4.78, 5) is 14.3. The van der Waals surface area contributed by atoms with Gasteiger partial charge in [-0.05, 0) is 24.3 Å². The summed E-state index contributed by atoms with van der Waals surface area (Å²) in [6.07, 6.45) is 0. The van der Waals surface area contributed by atoms with Gasteiger partial charge in [0.05, 0.1) is 0 Å². The van der Waals surface area contributed by atoms with E-state index in [1.54, 1.807) is 0 Å². The zero-order valence-electron chi connectivity index (χ0n) is 9.17. The lowest BCUT2D eigenvalue weighted by molar-refractivity contribution is -0.142. The number of hydrogen-bond donors (Lipinski definition) is 1. The second kappa shape index (κ2) is 5.74. The first-order chi connectivity index (χ1) is 8.65. The molecule has 0 aliphatic heterocycles. The van der Waals surface area contributed by atoms with Crippen LogP contribution in [0.25, 0.3) is 11.4 Å². The van der Waals surface area contributed by atoms with Crippen LogP contribution < -0.4 is 0 Å².